The summed E-state index contributed by atoms with van der Waals surface area (Å²) in [5, 5.41) is 2.75. The van der Waals surface area contributed by atoms with E-state index in [-0.39, 0.29) is 65.6 Å². The summed E-state index contributed by atoms with van der Waals surface area (Å²) in [4.78, 5) is 25.9. The van der Waals surface area contributed by atoms with Crippen LogP contribution in [0.15, 0.2) is 42.9 Å². The molecule has 1 amide bonds. The summed E-state index contributed by atoms with van der Waals surface area (Å²) in [6.45, 7) is 1.97. The number of nitrogens with one attached hydrogen (secondary N) is 1. The highest BCUT2D eigenvalue weighted by molar-refractivity contribution is 6.06. The fraction of sp³-hybridized carbons (Fsp3) is 0.407. The molecule has 0 unspecified atom stereocenters. The van der Waals surface area contributed by atoms with Gasteiger partial charge in [0.1, 0.15) is 17.2 Å². The molecule has 0 saturated heterocycles. The monoisotopic (exact) mass is 514 g/mol. The van der Waals surface area contributed by atoms with Crippen LogP contribution in [0.25, 0.3) is 11.1 Å². The summed E-state index contributed by atoms with van der Waals surface area (Å²) in [6, 6.07) is 4.63. The van der Waals surface area contributed by atoms with Crippen LogP contribution >= 0.6 is 0 Å². The van der Waals surface area contributed by atoms with Crippen LogP contribution in [0.5, 0.6) is 6.01 Å². The highest BCUT2D eigenvalue weighted by Gasteiger charge is 2.37. The minimum Gasteiger partial charge on any atom is -0.457 e. The lowest BCUT2D eigenvalue weighted by Gasteiger charge is -2.37. The number of rotatable bonds is 6. The van der Waals surface area contributed by atoms with Gasteiger partial charge >= 0.3 is 6.01 Å². The number of benzene rings is 1. The van der Waals surface area contributed by atoms with E-state index in [4.69, 9.17) is 4.74 Å². The van der Waals surface area contributed by atoms with Crippen molar-refractivity contribution in [1.29, 1.82) is 0 Å². The number of carbonyl (C=O) groups excluding carboxylic acids is 1. The van der Waals surface area contributed by atoms with Crippen LogP contribution in [0.3, 0.4) is 0 Å². The molecule has 0 radical (unpaired) electrons. The largest absolute Gasteiger partial charge is 0.457 e. The van der Waals surface area contributed by atoms with E-state index in [9.17, 15) is 22.4 Å². The van der Waals surface area contributed by atoms with Gasteiger partial charge in [0, 0.05) is 48.5 Å². The first kappa shape index (κ1) is 25.1. The van der Waals surface area contributed by atoms with E-state index in [1.54, 1.807) is 0 Å². The van der Waals surface area contributed by atoms with Crippen LogP contribution in [0.4, 0.5) is 23.2 Å². The molecule has 2 aliphatic carbocycles. The van der Waals surface area contributed by atoms with Gasteiger partial charge in [0.25, 0.3) is 5.91 Å². The number of anilines is 1. The number of aromatic nitrogens is 3. The molecule has 2 aromatic heterocycles. The fourth-order valence-corrected chi connectivity index (χ4v) is 4.83. The van der Waals surface area contributed by atoms with Crippen molar-refractivity contribution in [2.75, 3.05) is 5.32 Å². The summed E-state index contributed by atoms with van der Waals surface area (Å²) < 4.78 is 62.2. The first-order valence-corrected chi connectivity index (χ1v) is 12.3. The van der Waals surface area contributed by atoms with Crippen molar-refractivity contribution in [3.8, 4) is 17.1 Å². The summed E-state index contributed by atoms with van der Waals surface area (Å²) in [7, 11) is 0. The molecule has 6 nitrogen and oxygen atoms in total. The van der Waals surface area contributed by atoms with Gasteiger partial charge in [0.05, 0.1) is 16.9 Å². The van der Waals surface area contributed by atoms with Gasteiger partial charge in [0.2, 0.25) is 5.92 Å². The predicted molar refractivity (Wildman–Crippen MR) is 129 cm³/mol. The normalized spacial score (nSPS) is 18.6. The minimum absolute atomic E-state index is 0.0752. The molecule has 2 fully saturated rings. The molecule has 1 aromatic carbocycles. The average molecular weight is 515 g/mol. The van der Waals surface area contributed by atoms with Crippen LogP contribution in [0, 0.1) is 11.6 Å². The number of amides is 1. The Labute approximate surface area is 211 Å². The maximum atomic E-state index is 14.8. The van der Waals surface area contributed by atoms with E-state index < -0.39 is 23.5 Å². The highest BCUT2D eigenvalue weighted by Crippen LogP contribution is 2.44. The van der Waals surface area contributed by atoms with Gasteiger partial charge in [-0.05, 0) is 63.3 Å². The van der Waals surface area contributed by atoms with E-state index in [0.29, 0.717) is 5.69 Å². The number of alkyl halides is 2. The molecule has 0 atom stereocenters. The molecule has 0 bridgehead atoms. The van der Waals surface area contributed by atoms with E-state index >= 15 is 0 Å². The lowest BCUT2D eigenvalue weighted by molar-refractivity contribution is -0.0384. The Morgan fingerprint density at radius 2 is 1.70 bits per heavy atom. The molecule has 0 spiro atoms. The van der Waals surface area contributed by atoms with Gasteiger partial charge < -0.3 is 10.1 Å². The average Bonchev–Trinajstić information content (AvgIpc) is 2.85. The molecule has 2 saturated carbocycles. The first-order chi connectivity index (χ1) is 17.6. The molecule has 2 aliphatic rings. The molecule has 2 heterocycles. The molecule has 5 rings (SSSR count). The van der Waals surface area contributed by atoms with Gasteiger partial charge in [0.15, 0.2) is 0 Å². The maximum Gasteiger partial charge on any atom is 0.316 e. The molecule has 0 aliphatic heterocycles. The third kappa shape index (κ3) is 5.42. The summed E-state index contributed by atoms with van der Waals surface area (Å²) >= 11 is 0. The Kier molecular flexibility index (Phi) is 6.59. The fourth-order valence-electron chi connectivity index (χ4n) is 4.83. The molecule has 194 valence electrons. The van der Waals surface area contributed by atoms with E-state index in [0.717, 1.165) is 37.5 Å². The van der Waals surface area contributed by atoms with Gasteiger partial charge in [-0.15, -0.1) is 0 Å². The number of hydrogen-bond donors (Lipinski definition) is 1. The molecule has 1 N–H and O–H groups in total. The minimum atomic E-state index is -2.76. The molecule has 10 heteroatoms. The zero-order chi connectivity index (χ0) is 26.2. The van der Waals surface area contributed by atoms with E-state index in [2.05, 4.69) is 20.3 Å². The maximum absolute atomic E-state index is 14.8. The number of pyridine rings is 1. The highest BCUT2D eigenvalue weighted by atomic mass is 19.3. The SMILES string of the molecule is CC1(Oc2ncc(C(=O)Nc3c(-c4cc(F)ccc4F)ccnc3C3CCC(F)(F)CC3)cn2)CCC1. The van der Waals surface area contributed by atoms with Crippen molar-refractivity contribution in [3.63, 3.8) is 0 Å². The summed E-state index contributed by atoms with van der Waals surface area (Å²) in [6.07, 6.45) is 6.56. The second-order valence-electron chi connectivity index (χ2n) is 9.99. The quantitative estimate of drug-likeness (QED) is 0.371. The van der Waals surface area contributed by atoms with Crippen LogP contribution < -0.4 is 10.1 Å². The van der Waals surface area contributed by atoms with Gasteiger partial charge in [-0.2, -0.15) is 0 Å². The first-order valence-electron chi connectivity index (χ1n) is 12.3. The Balaban J connectivity index is 1.47. The standard InChI is InChI=1S/C27H26F4N4O2/c1-26(8-2-9-26)37-25-33-14-17(15-34-25)24(36)35-23-19(20-13-18(28)3-4-21(20)29)7-12-32-22(23)16-5-10-27(30,31)11-6-16/h3-4,7,12-16H,2,5-6,8-11H2,1H3,(H,35,36). The van der Waals surface area contributed by atoms with Gasteiger partial charge in [-0.3, -0.25) is 9.78 Å². The topological polar surface area (TPSA) is 77.0 Å². The van der Waals surface area contributed by atoms with Crippen molar-refractivity contribution < 1.29 is 27.1 Å². The lowest BCUT2D eigenvalue weighted by Crippen LogP contribution is -2.40. The Bertz CT molecular complexity index is 1300. The third-order valence-electron chi connectivity index (χ3n) is 7.18. The van der Waals surface area contributed by atoms with Crippen LogP contribution in [0.1, 0.15) is 73.8 Å². The van der Waals surface area contributed by atoms with Gasteiger partial charge in [-0.25, -0.2) is 27.5 Å². The third-order valence-corrected chi connectivity index (χ3v) is 7.18. The Morgan fingerprint density at radius 3 is 2.35 bits per heavy atom. The Hall–Kier alpha value is -3.56. The lowest BCUT2D eigenvalue weighted by atomic mass is 9.82. The molecular weight excluding hydrogens is 488 g/mol. The number of ether oxygens (including phenoxy) is 1. The number of nitrogens with zero attached hydrogens (tertiary/aromatic N) is 3. The van der Waals surface area contributed by atoms with Crippen molar-refractivity contribution >= 4 is 11.6 Å². The van der Waals surface area contributed by atoms with Crippen molar-refractivity contribution in [2.45, 2.75) is 69.3 Å². The molecule has 3 aromatic rings. The molecule has 37 heavy (non-hydrogen) atoms. The van der Waals surface area contributed by atoms with Crippen LogP contribution in [0.2, 0.25) is 0 Å². The Morgan fingerprint density at radius 1 is 1.00 bits per heavy atom. The van der Waals surface area contributed by atoms with Crippen molar-refractivity contribution in [1.82, 2.24) is 15.0 Å². The number of hydrogen-bond acceptors (Lipinski definition) is 5. The second-order valence-corrected chi connectivity index (χ2v) is 9.99. The summed E-state index contributed by atoms with van der Waals surface area (Å²) in [5.41, 5.74) is 0.426. The number of carbonyl (C=O) groups is 1. The smallest absolute Gasteiger partial charge is 0.316 e. The second kappa shape index (κ2) is 9.72. The predicted octanol–water partition coefficient (Wildman–Crippen LogP) is 6.68. The van der Waals surface area contributed by atoms with Crippen molar-refractivity contribution in [2.24, 2.45) is 0 Å². The van der Waals surface area contributed by atoms with E-state index in [1.165, 1.54) is 24.7 Å². The van der Waals surface area contributed by atoms with E-state index in [1.807, 2.05) is 6.92 Å². The zero-order valence-electron chi connectivity index (χ0n) is 20.2. The van der Waals surface area contributed by atoms with Crippen molar-refractivity contribution in [3.05, 3.63) is 65.7 Å². The summed E-state index contributed by atoms with van der Waals surface area (Å²) in [5.74, 6) is -5.10. The number of halogens is 4. The van der Waals surface area contributed by atoms with Crippen LogP contribution in [-0.4, -0.2) is 32.4 Å². The zero-order valence-corrected chi connectivity index (χ0v) is 20.2. The van der Waals surface area contributed by atoms with Gasteiger partial charge in [-0.1, -0.05) is 0 Å². The van der Waals surface area contributed by atoms with Crippen LogP contribution in [-0.2, 0) is 0 Å². The molecular formula is C27H26F4N4O2.